The number of carboxylic acids is 2. The van der Waals surface area contributed by atoms with Crippen molar-refractivity contribution in [3.8, 4) is 0 Å². The first kappa shape index (κ1) is 20.0. The summed E-state index contributed by atoms with van der Waals surface area (Å²) in [5, 5.41) is 16.5. The van der Waals surface area contributed by atoms with Crippen LogP contribution in [0.5, 0.6) is 0 Å². The first-order valence-corrected chi connectivity index (χ1v) is 4.36. The maximum absolute atomic E-state index is 10.0. The number of rotatable bonds is 0. The van der Waals surface area contributed by atoms with Crippen molar-refractivity contribution < 1.29 is 39.3 Å². The topological polar surface area (TPSA) is 74.6 Å². The molecule has 0 spiro atoms. The number of aliphatic carboxylic acids is 2. The van der Waals surface area contributed by atoms with Gasteiger partial charge in [-0.15, -0.1) is 0 Å². The quantitative estimate of drug-likeness (QED) is 0.673. The summed E-state index contributed by atoms with van der Waals surface area (Å²) in [5.74, 6) is -1.51. The molecule has 0 atom stereocenters. The van der Waals surface area contributed by atoms with Crippen LogP contribution in [-0.2, 0) is 29.1 Å². The Hall–Kier alpha value is -0.437. The van der Waals surface area contributed by atoms with E-state index in [0.29, 0.717) is 0 Å². The molecule has 0 aromatic heterocycles. The van der Waals surface area contributed by atoms with E-state index < -0.39 is 22.8 Å². The predicted molar refractivity (Wildman–Crippen MR) is 54.2 cm³/mol. The fraction of sp³-hybridized carbons (Fsp3) is 0.800. The molecule has 93 valence electrons. The predicted octanol–water partition coefficient (Wildman–Crippen LogP) is 2.23. The zero-order valence-electron chi connectivity index (χ0n) is 10.0. The van der Waals surface area contributed by atoms with Gasteiger partial charge in [0.2, 0.25) is 0 Å². The summed E-state index contributed by atoms with van der Waals surface area (Å²) in [5.41, 5.74) is -1.17. The average molecular weight is 307 g/mol. The molecule has 0 bridgehead atoms. The Kier molecular flexibility index (Phi) is 9.27. The summed E-state index contributed by atoms with van der Waals surface area (Å²) >= 11 is 0. The minimum atomic E-state index is -0.757. The van der Waals surface area contributed by atoms with Crippen LogP contribution in [0.3, 0.4) is 0 Å². The zero-order valence-corrected chi connectivity index (χ0v) is 11.7. The summed E-state index contributed by atoms with van der Waals surface area (Å²) in [6, 6.07) is 0. The second-order valence-corrected chi connectivity index (χ2v) is 5.11. The Morgan fingerprint density at radius 2 is 0.800 bits per heavy atom. The van der Waals surface area contributed by atoms with Gasteiger partial charge in [0, 0.05) is 19.5 Å². The van der Waals surface area contributed by atoms with Crippen LogP contribution >= 0.6 is 0 Å². The second-order valence-electron chi connectivity index (χ2n) is 5.11. The molecule has 0 aliphatic rings. The number of hydrogen-bond acceptors (Lipinski definition) is 2. The van der Waals surface area contributed by atoms with Crippen molar-refractivity contribution in [2.45, 2.75) is 41.5 Å². The average Bonchev–Trinajstić information content (AvgIpc) is 1.83. The summed E-state index contributed by atoms with van der Waals surface area (Å²) < 4.78 is 0. The fourth-order valence-electron chi connectivity index (χ4n) is 0. The molecule has 1 radical (unpaired) electrons. The van der Waals surface area contributed by atoms with Gasteiger partial charge in [0.1, 0.15) is 0 Å². The van der Waals surface area contributed by atoms with Crippen LogP contribution in [0, 0.1) is 10.8 Å². The van der Waals surface area contributed by atoms with Crippen molar-refractivity contribution in [1.82, 2.24) is 0 Å². The Bertz CT molecular complexity index is 186. The van der Waals surface area contributed by atoms with Crippen molar-refractivity contribution in [2.75, 3.05) is 0 Å². The van der Waals surface area contributed by atoms with Gasteiger partial charge >= 0.3 is 11.9 Å². The number of carboxylic acid groups (broad SMARTS) is 2. The van der Waals surface area contributed by atoms with E-state index in [4.69, 9.17) is 10.2 Å². The molecule has 0 aromatic carbocycles. The summed E-state index contributed by atoms with van der Waals surface area (Å²) in [4.78, 5) is 20.0. The molecule has 0 aromatic rings. The minimum absolute atomic E-state index is 0. The Morgan fingerprint density at radius 3 is 0.800 bits per heavy atom. The maximum Gasteiger partial charge on any atom is 0.308 e. The Labute approximate surface area is 104 Å². The van der Waals surface area contributed by atoms with Crippen LogP contribution < -0.4 is 0 Å². The van der Waals surface area contributed by atoms with E-state index in [1.807, 2.05) is 0 Å². The normalized spacial score (nSPS) is 10.5. The van der Waals surface area contributed by atoms with E-state index in [0.717, 1.165) is 0 Å². The van der Waals surface area contributed by atoms with Crippen molar-refractivity contribution in [1.29, 1.82) is 0 Å². The minimum Gasteiger partial charge on any atom is -0.481 e. The maximum atomic E-state index is 10.0. The van der Waals surface area contributed by atoms with Gasteiger partial charge < -0.3 is 10.2 Å². The van der Waals surface area contributed by atoms with Crippen molar-refractivity contribution >= 4 is 11.9 Å². The van der Waals surface area contributed by atoms with Gasteiger partial charge in [-0.05, 0) is 41.5 Å². The summed E-state index contributed by atoms with van der Waals surface area (Å²) in [6.07, 6.45) is 0. The van der Waals surface area contributed by atoms with Crippen LogP contribution in [0.2, 0.25) is 0 Å². The zero-order chi connectivity index (χ0) is 12.2. The van der Waals surface area contributed by atoms with Gasteiger partial charge in [-0.1, -0.05) is 0 Å². The van der Waals surface area contributed by atoms with E-state index in [-0.39, 0.29) is 19.5 Å². The van der Waals surface area contributed by atoms with Crippen LogP contribution in [0.1, 0.15) is 41.5 Å². The molecule has 5 heteroatoms. The van der Waals surface area contributed by atoms with E-state index in [1.165, 1.54) is 0 Å². The fourth-order valence-corrected chi connectivity index (χ4v) is 0. The van der Waals surface area contributed by atoms with Gasteiger partial charge in [0.15, 0.2) is 0 Å². The third-order valence-electron chi connectivity index (χ3n) is 1.28. The van der Waals surface area contributed by atoms with Gasteiger partial charge in [0.05, 0.1) is 10.8 Å². The van der Waals surface area contributed by atoms with E-state index in [2.05, 4.69) is 0 Å². The SMILES string of the molecule is CC(C)(C)C(=O)O.CC(C)(C)C(=O)O.[Rh]. The number of hydrogen-bond donors (Lipinski definition) is 2. The van der Waals surface area contributed by atoms with Gasteiger partial charge in [-0.25, -0.2) is 0 Å². The number of carbonyl (C=O) groups is 2. The Morgan fingerprint density at radius 1 is 0.733 bits per heavy atom. The molecule has 0 heterocycles. The van der Waals surface area contributed by atoms with Crippen LogP contribution in [0.15, 0.2) is 0 Å². The second kappa shape index (κ2) is 6.94. The Balaban J connectivity index is -0.000000180. The molecule has 0 unspecified atom stereocenters. The molecule has 0 saturated heterocycles. The van der Waals surface area contributed by atoms with Crippen molar-refractivity contribution in [2.24, 2.45) is 10.8 Å². The molecule has 0 aliphatic carbocycles. The molecule has 0 aliphatic heterocycles. The molecular weight excluding hydrogens is 287 g/mol. The van der Waals surface area contributed by atoms with Gasteiger partial charge in [-0.2, -0.15) is 0 Å². The largest absolute Gasteiger partial charge is 0.481 e. The third-order valence-corrected chi connectivity index (χ3v) is 1.28. The summed E-state index contributed by atoms with van der Waals surface area (Å²) in [6.45, 7) is 9.97. The monoisotopic (exact) mass is 307 g/mol. The first-order valence-electron chi connectivity index (χ1n) is 4.36. The van der Waals surface area contributed by atoms with Crippen molar-refractivity contribution in [3.63, 3.8) is 0 Å². The molecule has 0 rings (SSSR count). The molecule has 0 fully saturated rings. The van der Waals surface area contributed by atoms with E-state index >= 15 is 0 Å². The summed E-state index contributed by atoms with van der Waals surface area (Å²) in [7, 11) is 0. The van der Waals surface area contributed by atoms with Crippen LogP contribution in [0.4, 0.5) is 0 Å². The van der Waals surface area contributed by atoms with Crippen molar-refractivity contribution in [3.05, 3.63) is 0 Å². The molecule has 0 amide bonds. The van der Waals surface area contributed by atoms with E-state index in [1.54, 1.807) is 41.5 Å². The molecular formula is C10H20O4Rh. The van der Waals surface area contributed by atoms with Gasteiger partial charge in [0.25, 0.3) is 0 Å². The molecule has 0 saturated carbocycles. The molecule has 15 heavy (non-hydrogen) atoms. The van der Waals surface area contributed by atoms with Crippen LogP contribution in [0.25, 0.3) is 0 Å². The first-order chi connectivity index (χ1) is 5.89. The smallest absolute Gasteiger partial charge is 0.308 e. The standard InChI is InChI=1S/2C5H10O2.Rh/c2*1-5(2,3)4(6)7;/h2*1-3H3,(H,6,7);. The third kappa shape index (κ3) is 13.6. The molecule has 2 N–H and O–H groups in total. The molecule has 4 nitrogen and oxygen atoms in total. The van der Waals surface area contributed by atoms with Crippen LogP contribution in [-0.4, -0.2) is 22.2 Å². The van der Waals surface area contributed by atoms with E-state index in [9.17, 15) is 9.59 Å². The van der Waals surface area contributed by atoms with Gasteiger partial charge in [-0.3, -0.25) is 9.59 Å².